The summed E-state index contributed by atoms with van der Waals surface area (Å²) in [7, 11) is 2.03. The van der Waals surface area contributed by atoms with Crippen molar-refractivity contribution in [3.8, 4) is 0 Å². The van der Waals surface area contributed by atoms with Crippen molar-refractivity contribution in [2.45, 2.75) is 24.8 Å². The van der Waals surface area contributed by atoms with Gasteiger partial charge in [-0.15, -0.1) is 0 Å². The molecule has 104 valence electrons. The average molecular weight is 396 g/mol. The zero-order valence-electron chi connectivity index (χ0n) is 11.2. The largest absolute Gasteiger partial charge is 0.312 e. The summed E-state index contributed by atoms with van der Waals surface area (Å²) in [5.74, 6) is 0.432. The first kappa shape index (κ1) is 14.2. The molecule has 0 spiro atoms. The summed E-state index contributed by atoms with van der Waals surface area (Å²) >= 11 is 7.25. The van der Waals surface area contributed by atoms with Gasteiger partial charge in [-0.05, 0) is 55.3 Å². The Balaban J connectivity index is 2.01. The summed E-state index contributed by atoms with van der Waals surface area (Å²) in [4.78, 5) is 4.62. The van der Waals surface area contributed by atoms with Crippen molar-refractivity contribution >= 4 is 31.9 Å². The fourth-order valence-corrected chi connectivity index (χ4v) is 3.97. The number of benzene rings is 1. The smallest absolute Gasteiger partial charge is 0.0485 e. The van der Waals surface area contributed by atoms with E-state index in [4.69, 9.17) is 0 Å². The van der Waals surface area contributed by atoms with Crippen LogP contribution in [0.4, 0.5) is 0 Å². The number of hydrogen-bond donors (Lipinski definition) is 1. The molecule has 0 saturated heterocycles. The number of nitrogens with zero attached hydrogens (tertiary/aromatic N) is 1. The maximum absolute atomic E-state index is 4.62. The van der Waals surface area contributed by atoms with E-state index < -0.39 is 0 Å². The van der Waals surface area contributed by atoms with Gasteiger partial charge in [0.2, 0.25) is 0 Å². The molecule has 1 heterocycles. The van der Waals surface area contributed by atoms with E-state index in [1.807, 2.05) is 19.3 Å². The lowest BCUT2D eigenvalue weighted by molar-refractivity contribution is 0.468. The molecule has 1 aliphatic carbocycles. The number of hydrogen-bond acceptors (Lipinski definition) is 2. The molecule has 3 rings (SSSR count). The first-order valence-corrected chi connectivity index (χ1v) is 8.35. The van der Waals surface area contributed by atoms with Gasteiger partial charge >= 0.3 is 0 Å². The third kappa shape index (κ3) is 2.57. The van der Waals surface area contributed by atoms with Gasteiger partial charge in [0.15, 0.2) is 0 Å². The number of nitrogens with one attached hydrogen (secondary N) is 1. The normalized spacial score (nSPS) is 18.9. The molecule has 0 amide bonds. The summed E-state index contributed by atoms with van der Waals surface area (Å²) in [6.07, 6.45) is 4.17. The number of pyridine rings is 1. The van der Waals surface area contributed by atoms with Gasteiger partial charge in [-0.2, -0.15) is 0 Å². The molecule has 0 fully saturated rings. The average Bonchev–Trinajstić information content (AvgIpc) is 2.88. The standard InChI is InChI=1S/C16H16Br2N2/c1-19-16(13-9-11(17)5-7-14(13)18)12-6-4-10-3-2-8-20-15(10)12/h2-3,5,7-9,12,16,19H,4,6H2,1H3. The second-order valence-electron chi connectivity index (χ2n) is 5.13. The minimum atomic E-state index is 0.276. The monoisotopic (exact) mass is 394 g/mol. The first-order chi connectivity index (χ1) is 9.70. The molecule has 0 bridgehead atoms. The zero-order chi connectivity index (χ0) is 14.1. The van der Waals surface area contributed by atoms with Crippen LogP contribution in [0.5, 0.6) is 0 Å². The number of aromatic nitrogens is 1. The molecule has 2 atom stereocenters. The zero-order valence-corrected chi connectivity index (χ0v) is 14.4. The number of fused-ring (bicyclic) bond motifs is 1. The Bertz CT molecular complexity index is 628. The van der Waals surface area contributed by atoms with Crippen molar-refractivity contribution in [1.29, 1.82) is 0 Å². The topological polar surface area (TPSA) is 24.9 Å². The van der Waals surface area contributed by atoms with Crippen LogP contribution in [0.1, 0.15) is 35.2 Å². The lowest BCUT2D eigenvalue weighted by atomic mass is 9.91. The van der Waals surface area contributed by atoms with E-state index in [1.54, 1.807) is 0 Å². The molecule has 4 heteroatoms. The van der Waals surface area contributed by atoms with E-state index in [-0.39, 0.29) is 6.04 Å². The highest BCUT2D eigenvalue weighted by molar-refractivity contribution is 9.11. The highest BCUT2D eigenvalue weighted by atomic mass is 79.9. The quantitative estimate of drug-likeness (QED) is 0.821. The maximum Gasteiger partial charge on any atom is 0.0485 e. The molecule has 20 heavy (non-hydrogen) atoms. The van der Waals surface area contributed by atoms with Crippen molar-refractivity contribution in [3.05, 3.63) is 62.3 Å². The van der Waals surface area contributed by atoms with Crippen LogP contribution in [-0.4, -0.2) is 12.0 Å². The Labute approximate surface area is 136 Å². The predicted molar refractivity (Wildman–Crippen MR) is 88.9 cm³/mol. The molecule has 1 aromatic carbocycles. The molecule has 2 aromatic rings. The number of rotatable bonds is 3. The van der Waals surface area contributed by atoms with Crippen molar-refractivity contribution in [1.82, 2.24) is 10.3 Å². The molecule has 0 saturated carbocycles. The molecular formula is C16H16Br2N2. The lowest BCUT2D eigenvalue weighted by Gasteiger charge is -2.25. The SMILES string of the molecule is CNC(c1cc(Br)ccc1Br)C1CCc2cccnc21. The van der Waals surface area contributed by atoms with Crippen LogP contribution in [-0.2, 0) is 6.42 Å². The summed E-state index contributed by atoms with van der Waals surface area (Å²) in [6, 6.07) is 10.8. The molecule has 0 radical (unpaired) electrons. The highest BCUT2D eigenvalue weighted by Crippen LogP contribution is 2.42. The van der Waals surface area contributed by atoms with Gasteiger partial charge in [0, 0.05) is 32.8 Å². The summed E-state index contributed by atoms with van der Waals surface area (Å²) in [5, 5.41) is 3.48. The Hall–Kier alpha value is -0.710. The van der Waals surface area contributed by atoms with E-state index in [1.165, 1.54) is 16.8 Å². The number of likely N-dealkylation sites (N-methyl/N-ethyl adjacent to an activating group) is 1. The van der Waals surface area contributed by atoms with Crippen LogP contribution in [0, 0.1) is 0 Å². The minimum Gasteiger partial charge on any atom is -0.312 e. The van der Waals surface area contributed by atoms with E-state index in [0.717, 1.165) is 21.8 Å². The molecular weight excluding hydrogens is 380 g/mol. The van der Waals surface area contributed by atoms with Crippen LogP contribution < -0.4 is 5.32 Å². The van der Waals surface area contributed by atoms with E-state index in [9.17, 15) is 0 Å². The first-order valence-electron chi connectivity index (χ1n) is 6.76. The van der Waals surface area contributed by atoms with Gasteiger partial charge in [-0.25, -0.2) is 0 Å². The summed E-state index contributed by atoms with van der Waals surface area (Å²) in [6.45, 7) is 0. The fraction of sp³-hybridized carbons (Fsp3) is 0.312. The van der Waals surface area contributed by atoms with E-state index >= 15 is 0 Å². The minimum absolute atomic E-state index is 0.276. The fourth-order valence-electron chi connectivity index (χ4n) is 3.09. The van der Waals surface area contributed by atoms with Crippen molar-refractivity contribution in [2.24, 2.45) is 0 Å². The Morgan fingerprint density at radius 2 is 2.15 bits per heavy atom. The third-order valence-electron chi connectivity index (χ3n) is 4.01. The molecule has 2 unspecified atom stereocenters. The third-order valence-corrected chi connectivity index (χ3v) is 5.22. The van der Waals surface area contributed by atoms with Crippen molar-refractivity contribution in [3.63, 3.8) is 0 Å². The Morgan fingerprint density at radius 3 is 2.95 bits per heavy atom. The van der Waals surface area contributed by atoms with Gasteiger partial charge < -0.3 is 5.32 Å². The Morgan fingerprint density at radius 1 is 1.30 bits per heavy atom. The predicted octanol–water partition coefficient (Wildman–Crippen LogP) is 4.60. The van der Waals surface area contributed by atoms with Gasteiger partial charge in [0.1, 0.15) is 0 Å². The van der Waals surface area contributed by atoms with Gasteiger partial charge in [0.25, 0.3) is 0 Å². The van der Waals surface area contributed by atoms with E-state index in [2.05, 4.69) is 66.4 Å². The number of halogens is 2. The van der Waals surface area contributed by atoms with Gasteiger partial charge in [-0.3, -0.25) is 4.98 Å². The van der Waals surface area contributed by atoms with Crippen LogP contribution >= 0.6 is 31.9 Å². The van der Waals surface area contributed by atoms with Gasteiger partial charge in [-0.1, -0.05) is 37.9 Å². The maximum atomic E-state index is 4.62. The van der Waals surface area contributed by atoms with Crippen LogP contribution in [0.15, 0.2) is 45.5 Å². The van der Waals surface area contributed by atoms with Crippen molar-refractivity contribution in [2.75, 3.05) is 7.05 Å². The second kappa shape index (κ2) is 5.96. The molecule has 2 nitrogen and oxygen atoms in total. The lowest BCUT2D eigenvalue weighted by Crippen LogP contribution is -2.23. The molecule has 1 aliphatic rings. The summed E-state index contributed by atoms with van der Waals surface area (Å²) in [5.41, 5.74) is 3.92. The highest BCUT2D eigenvalue weighted by Gasteiger charge is 2.32. The second-order valence-corrected chi connectivity index (χ2v) is 6.90. The summed E-state index contributed by atoms with van der Waals surface area (Å²) < 4.78 is 2.25. The molecule has 0 aliphatic heterocycles. The molecule has 1 N–H and O–H groups in total. The van der Waals surface area contributed by atoms with Crippen LogP contribution in [0.2, 0.25) is 0 Å². The van der Waals surface area contributed by atoms with Crippen LogP contribution in [0.3, 0.4) is 0 Å². The van der Waals surface area contributed by atoms with Crippen LogP contribution in [0.25, 0.3) is 0 Å². The Kier molecular flexibility index (Phi) is 4.24. The van der Waals surface area contributed by atoms with Gasteiger partial charge in [0.05, 0.1) is 0 Å². The van der Waals surface area contributed by atoms with Crippen molar-refractivity contribution < 1.29 is 0 Å². The molecule has 1 aromatic heterocycles. The van der Waals surface area contributed by atoms with E-state index in [0.29, 0.717) is 5.92 Å². The number of aryl methyl sites for hydroxylation is 1.